The zero-order valence-electron chi connectivity index (χ0n) is 9.52. The second kappa shape index (κ2) is 6.53. The molecule has 0 saturated carbocycles. The summed E-state index contributed by atoms with van der Waals surface area (Å²) in [6.07, 6.45) is -0.476. The van der Waals surface area contributed by atoms with Gasteiger partial charge in [0.05, 0.1) is 11.4 Å². The molecule has 8 heteroatoms. The molecule has 0 fully saturated rings. The van der Waals surface area contributed by atoms with Crippen molar-refractivity contribution in [2.45, 2.75) is 12.5 Å². The molecule has 2 amide bonds. The zero-order valence-corrected chi connectivity index (χ0v) is 11.9. The van der Waals surface area contributed by atoms with Gasteiger partial charge in [-0.25, -0.2) is 4.79 Å². The lowest BCUT2D eigenvalue weighted by molar-refractivity contribution is -0.140. The third-order valence-corrected chi connectivity index (χ3v) is 3.40. The van der Waals surface area contributed by atoms with E-state index in [1.165, 1.54) is 18.2 Å². The molecule has 1 atom stereocenters. The van der Waals surface area contributed by atoms with E-state index >= 15 is 0 Å². The van der Waals surface area contributed by atoms with Crippen molar-refractivity contribution in [3.8, 4) is 0 Å². The van der Waals surface area contributed by atoms with Crippen molar-refractivity contribution in [2.75, 3.05) is 0 Å². The number of aliphatic carboxylic acids is 1. The number of primary amides is 1. The molecule has 0 aliphatic heterocycles. The highest BCUT2D eigenvalue weighted by Crippen LogP contribution is 2.23. The summed E-state index contributed by atoms with van der Waals surface area (Å²) in [6, 6.07) is 3.01. The van der Waals surface area contributed by atoms with Gasteiger partial charge in [-0.15, -0.1) is 0 Å². The monoisotopic (exact) mass is 348 g/mol. The third-order valence-electron chi connectivity index (χ3n) is 2.19. The van der Waals surface area contributed by atoms with Crippen LogP contribution in [0.15, 0.2) is 22.7 Å². The van der Waals surface area contributed by atoms with E-state index in [1.807, 2.05) is 0 Å². The number of hydrogen-bond acceptors (Lipinski definition) is 3. The van der Waals surface area contributed by atoms with Crippen LogP contribution in [0.4, 0.5) is 0 Å². The molecule has 0 heterocycles. The average molecular weight is 350 g/mol. The quantitative estimate of drug-likeness (QED) is 0.741. The van der Waals surface area contributed by atoms with E-state index in [9.17, 15) is 14.4 Å². The Morgan fingerprint density at radius 1 is 1.42 bits per heavy atom. The van der Waals surface area contributed by atoms with Crippen LogP contribution in [0.1, 0.15) is 16.8 Å². The molecule has 0 aliphatic carbocycles. The Labute approximate surface area is 122 Å². The second-order valence-electron chi connectivity index (χ2n) is 3.66. The Morgan fingerprint density at radius 3 is 2.53 bits per heavy atom. The molecule has 0 saturated heterocycles. The van der Waals surface area contributed by atoms with Gasteiger partial charge in [0.1, 0.15) is 6.04 Å². The van der Waals surface area contributed by atoms with Crippen molar-refractivity contribution < 1.29 is 19.5 Å². The lowest BCUT2D eigenvalue weighted by atomic mass is 10.1. The van der Waals surface area contributed by atoms with E-state index in [0.29, 0.717) is 9.50 Å². The fraction of sp³-hybridized carbons (Fsp3) is 0.182. The lowest BCUT2D eigenvalue weighted by Gasteiger charge is -2.13. The van der Waals surface area contributed by atoms with E-state index < -0.39 is 30.2 Å². The van der Waals surface area contributed by atoms with Crippen molar-refractivity contribution in [3.05, 3.63) is 33.3 Å². The number of carboxylic acids is 1. The summed E-state index contributed by atoms with van der Waals surface area (Å²) in [7, 11) is 0. The van der Waals surface area contributed by atoms with Crippen molar-refractivity contribution >= 4 is 45.3 Å². The van der Waals surface area contributed by atoms with E-state index in [-0.39, 0.29) is 5.56 Å². The number of benzene rings is 1. The van der Waals surface area contributed by atoms with Gasteiger partial charge >= 0.3 is 5.97 Å². The van der Waals surface area contributed by atoms with Crippen LogP contribution in [0.3, 0.4) is 0 Å². The smallest absolute Gasteiger partial charge is 0.326 e. The fourth-order valence-electron chi connectivity index (χ4n) is 1.28. The first-order chi connectivity index (χ1) is 8.81. The van der Waals surface area contributed by atoms with Crippen molar-refractivity contribution in [1.29, 1.82) is 0 Å². The van der Waals surface area contributed by atoms with E-state index in [1.54, 1.807) is 0 Å². The van der Waals surface area contributed by atoms with Crippen LogP contribution in [-0.4, -0.2) is 28.9 Å². The fourth-order valence-corrected chi connectivity index (χ4v) is 1.78. The Balaban J connectivity index is 2.84. The Kier molecular flexibility index (Phi) is 5.31. The number of carbonyl (C=O) groups excluding carboxylic acids is 2. The standard InChI is InChI=1S/C11H10BrClN2O4/c12-6-3-5(1-2-7(6)13)10(17)15-8(11(18)19)4-9(14)16/h1-3,8H,4H2,(H2,14,16)(H,15,17)(H,18,19)/t8-/m0/s1. The molecule has 1 rings (SSSR count). The Morgan fingerprint density at radius 2 is 2.05 bits per heavy atom. The molecule has 0 bridgehead atoms. The van der Waals surface area contributed by atoms with Gasteiger partial charge in [-0.2, -0.15) is 0 Å². The molecule has 0 unspecified atom stereocenters. The summed E-state index contributed by atoms with van der Waals surface area (Å²) in [6.45, 7) is 0. The average Bonchev–Trinajstić information content (AvgIpc) is 2.31. The molecule has 1 aromatic rings. The first-order valence-corrected chi connectivity index (χ1v) is 6.25. The second-order valence-corrected chi connectivity index (χ2v) is 4.93. The maximum absolute atomic E-state index is 11.8. The molecule has 6 nitrogen and oxygen atoms in total. The summed E-state index contributed by atoms with van der Waals surface area (Å²) in [5, 5.41) is 11.5. The molecular formula is C11H10BrClN2O4. The minimum Gasteiger partial charge on any atom is -0.480 e. The maximum Gasteiger partial charge on any atom is 0.326 e. The SMILES string of the molecule is NC(=O)C[C@H](NC(=O)c1ccc(Cl)c(Br)c1)C(=O)O. The number of amides is 2. The van der Waals surface area contributed by atoms with Gasteiger partial charge < -0.3 is 16.2 Å². The molecular weight excluding hydrogens is 339 g/mol. The van der Waals surface area contributed by atoms with Crippen LogP contribution in [0.5, 0.6) is 0 Å². The van der Waals surface area contributed by atoms with Gasteiger partial charge in [-0.05, 0) is 34.1 Å². The summed E-state index contributed by atoms with van der Waals surface area (Å²) >= 11 is 8.92. The maximum atomic E-state index is 11.8. The predicted octanol–water partition coefficient (Wildman–Crippen LogP) is 1.16. The van der Waals surface area contributed by atoms with E-state index in [4.69, 9.17) is 22.4 Å². The third kappa shape index (κ3) is 4.53. The van der Waals surface area contributed by atoms with Gasteiger partial charge in [0.2, 0.25) is 5.91 Å². The highest BCUT2D eigenvalue weighted by Gasteiger charge is 2.22. The molecule has 0 aliphatic rings. The van der Waals surface area contributed by atoms with Crippen LogP contribution < -0.4 is 11.1 Å². The van der Waals surface area contributed by atoms with Crippen LogP contribution in [-0.2, 0) is 9.59 Å². The molecule has 102 valence electrons. The van der Waals surface area contributed by atoms with Gasteiger partial charge in [0.15, 0.2) is 0 Å². The van der Waals surface area contributed by atoms with Gasteiger partial charge in [-0.3, -0.25) is 9.59 Å². The van der Waals surface area contributed by atoms with Gasteiger partial charge in [0.25, 0.3) is 5.91 Å². The molecule has 1 aromatic carbocycles. The zero-order chi connectivity index (χ0) is 14.6. The Hall–Kier alpha value is -1.60. The minimum atomic E-state index is -1.36. The largest absolute Gasteiger partial charge is 0.480 e. The van der Waals surface area contributed by atoms with Crippen molar-refractivity contribution in [2.24, 2.45) is 5.73 Å². The lowest BCUT2D eigenvalue weighted by Crippen LogP contribution is -2.43. The number of carbonyl (C=O) groups is 3. The number of rotatable bonds is 5. The van der Waals surface area contributed by atoms with Crippen LogP contribution in [0.2, 0.25) is 5.02 Å². The van der Waals surface area contributed by atoms with Crippen molar-refractivity contribution in [3.63, 3.8) is 0 Å². The number of nitrogens with two attached hydrogens (primary N) is 1. The summed E-state index contributed by atoms with van der Waals surface area (Å²) in [4.78, 5) is 33.4. The van der Waals surface area contributed by atoms with Crippen molar-refractivity contribution in [1.82, 2.24) is 5.32 Å². The molecule has 19 heavy (non-hydrogen) atoms. The van der Waals surface area contributed by atoms with Gasteiger partial charge in [-0.1, -0.05) is 11.6 Å². The summed E-state index contributed by atoms with van der Waals surface area (Å²) in [5.74, 6) is -2.78. The summed E-state index contributed by atoms with van der Waals surface area (Å²) < 4.78 is 0.503. The van der Waals surface area contributed by atoms with E-state index in [2.05, 4.69) is 21.2 Å². The molecule has 4 N–H and O–H groups in total. The number of nitrogens with one attached hydrogen (secondary N) is 1. The topological polar surface area (TPSA) is 109 Å². The predicted molar refractivity (Wildman–Crippen MR) is 71.9 cm³/mol. The van der Waals surface area contributed by atoms with Crippen LogP contribution >= 0.6 is 27.5 Å². The van der Waals surface area contributed by atoms with Gasteiger partial charge in [0, 0.05) is 10.0 Å². The van der Waals surface area contributed by atoms with E-state index in [0.717, 1.165) is 0 Å². The minimum absolute atomic E-state index is 0.215. The Bertz CT molecular complexity index is 535. The first kappa shape index (κ1) is 15.5. The summed E-state index contributed by atoms with van der Waals surface area (Å²) in [5.41, 5.74) is 5.13. The normalized spacial score (nSPS) is 11.7. The molecule has 0 spiro atoms. The number of halogens is 2. The highest BCUT2D eigenvalue weighted by atomic mass is 79.9. The first-order valence-electron chi connectivity index (χ1n) is 5.08. The molecule has 0 aromatic heterocycles. The number of carboxylic acid groups (broad SMARTS) is 1. The molecule has 0 radical (unpaired) electrons. The van der Waals surface area contributed by atoms with Crippen LogP contribution in [0, 0.1) is 0 Å². The highest BCUT2D eigenvalue weighted by molar-refractivity contribution is 9.10. The number of hydrogen-bond donors (Lipinski definition) is 3. The van der Waals surface area contributed by atoms with Crippen LogP contribution in [0.25, 0.3) is 0 Å².